The monoisotopic (exact) mass is 539 g/mol. The van der Waals surface area contributed by atoms with E-state index in [0.29, 0.717) is 52.7 Å². The van der Waals surface area contributed by atoms with Gasteiger partial charge in [0, 0.05) is 43.8 Å². The lowest BCUT2D eigenvalue weighted by molar-refractivity contribution is -0.117. The molecule has 2 aromatic carbocycles. The van der Waals surface area contributed by atoms with Crippen molar-refractivity contribution in [1.82, 2.24) is 14.5 Å². The third-order valence-corrected chi connectivity index (χ3v) is 7.88. The van der Waals surface area contributed by atoms with Gasteiger partial charge >= 0.3 is 5.97 Å². The van der Waals surface area contributed by atoms with Crippen LogP contribution in [0.25, 0.3) is 21.1 Å². The highest BCUT2D eigenvalue weighted by atomic mass is 32.1. The van der Waals surface area contributed by atoms with Gasteiger partial charge in [-0.05, 0) is 43.2 Å². The summed E-state index contributed by atoms with van der Waals surface area (Å²) >= 11 is 1.20. The molecule has 3 heterocycles. The van der Waals surface area contributed by atoms with Crippen molar-refractivity contribution < 1.29 is 23.5 Å². The van der Waals surface area contributed by atoms with Gasteiger partial charge in [0.05, 0.1) is 28.0 Å². The minimum absolute atomic E-state index is 0.0611. The molecular weight excluding hydrogens is 516 g/mol. The summed E-state index contributed by atoms with van der Waals surface area (Å²) in [4.78, 5) is 45.0. The van der Waals surface area contributed by atoms with Crippen LogP contribution in [0.5, 0.6) is 0 Å². The molecule has 0 spiro atoms. The Hall–Kier alpha value is -3.90. The summed E-state index contributed by atoms with van der Waals surface area (Å²) in [6.07, 6.45) is 3.11. The summed E-state index contributed by atoms with van der Waals surface area (Å²) in [5.41, 5.74) is 0.436. The highest BCUT2D eigenvalue weighted by Crippen LogP contribution is 2.38. The molecule has 0 atom stereocenters. The van der Waals surface area contributed by atoms with E-state index in [-0.39, 0.29) is 35.3 Å². The van der Waals surface area contributed by atoms with Crippen LogP contribution in [0, 0.1) is 11.6 Å². The Kier molecular flexibility index (Phi) is 6.07. The van der Waals surface area contributed by atoms with E-state index in [4.69, 9.17) is 0 Å². The number of anilines is 2. The zero-order valence-electron chi connectivity index (χ0n) is 20.1. The molecule has 0 unspecified atom stereocenters. The van der Waals surface area contributed by atoms with Crippen molar-refractivity contribution in [3.63, 3.8) is 0 Å². The van der Waals surface area contributed by atoms with Gasteiger partial charge in [0.1, 0.15) is 17.2 Å². The number of aromatic carboxylic acids is 1. The van der Waals surface area contributed by atoms with E-state index in [2.05, 4.69) is 10.3 Å². The van der Waals surface area contributed by atoms with E-state index >= 15 is 4.39 Å². The lowest BCUT2D eigenvalue weighted by Crippen LogP contribution is -2.49. The van der Waals surface area contributed by atoms with Crippen molar-refractivity contribution in [3.8, 4) is 0 Å². The summed E-state index contributed by atoms with van der Waals surface area (Å²) in [6, 6.07) is 7.14. The second-order valence-electron chi connectivity index (χ2n) is 9.58. The number of piperazine rings is 1. The maximum Gasteiger partial charge on any atom is 0.341 e. The first-order valence-electron chi connectivity index (χ1n) is 12.2. The van der Waals surface area contributed by atoms with Crippen molar-refractivity contribution in [2.45, 2.75) is 18.9 Å². The molecule has 38 heavy (non-hydrogen) atoms. The Morgan fingerprint density at radius 3 is 2.58 bits per heavy atom. The van der Waals surface area contributed by atoms with Crippen LogP contribution in [0.15, 0.2) is 41.3 Å². The Labute approximate surface area is 218 Å². The number of carbonyl (C=O) groups is 2. The minimum atomic E-state index is -1.33. The lowest BCUT2D eigenvalue weighted by atomic mass is 10.1. The van der Waals surface area contributed by atoms with Gasteiger partial charge in [0.2, 0.25) is 11.3 Å². The van der Waals surface area contributed by atoms with Crippen LogP contribution < -0.4 is 15.6 Å². The maximum absolute atomic E-state index is 15.2. The first kappa shape index (κ1) is 24.4. The number of hydrogen-bond acceptors (Lipinski definition) is 7. The zero-order valence-corrected chi connectivity index (χ0v) is 20.9. The van der Waals surface area contributed by atoms with E-state index in [1.807, 2.05) is 9.80 Å². The molecule has 2 fully saturated rings. The summed E-state index contributed by atoms with van der Waals surface area (Å²) in [5, 5.41) is 12.7. The Balaban J connectivity index is 1.15. The average Bonchev–Trinajstić information content (AvgIpc) is 3.64. The first-order valence-corrected chi connectivity index (χ1v) is 13.0. The van der Waals surface area contributed by atoms with Gasteiger partial charge in [-0.3, -0.25) is 14.5 Å². The van der Waals surface area contributed by atoms with Crippen LogP contribution in [-0.2, 0) is 4.79 Å². The number of fused-ring (bicyclic) bond motifs is 2. The molecule has 12 heteroatoms. The average molecular weight is 540 g/mol. The number of nitrogens with zero attached hydrogens (tertiary/aromatic N) is 4. The Morgan fingerprint density at radius 1 is 1.11 bits per heavy atom. The van der Waals surface area contributed by atoms with E-state index in [1.54, 1.807) is 16.7 Å². The van der Waals surface area contributed by atoms with E-state index in [0.717, 1.165) is 18.9 Å². The lowest BCUT2D eigenvalue weighted by Gasteiger charge is -2.36. The number of pyridine rings is 1. The number of rotatable bonds is 6. The number of hydrogen-bond donors (Lipinski definition) is 2. The van der Waals surface area contributed by atoms with Crippen molar-refractivity contribution in [2.75, 3.05) is 42.9 Å². The zero-order chi connectivity index (χ0) is 26.6. The summed E-state index contributed by atoms with van der Waals surface area (Å²) in [6.45, 7) is 2.11. The van der Waals surface area contributed by atoms with Crippen LogP contribution in [0.3, 0.4) is 0 Å². The van der Waals surface area contributed by atoms with Crippen LogP contribution in [0.1, 0.15) is 29.2 Å². The number of amides is 1. The number of benzene rings is 2. The predicted molar refractivity (Wildman–Crippen MR) is 140 cm³/mol. The molecule has 1 saturated carbocycles. The van der Waals surface area contributed by atoms with E-state index in [1.165, 1.54) is 29.7 Å². The number of carboxylic acids is 1. The molecule has 0 bridgehead atoms. The largest absolute Gasteiger partial charge is 0.477 e. The third-order valence-electron chi connectivity index (χ3n) is 6.95. The highest BCUT2D eigenvalue weighted by Gasteiger charge is 2.29. The molecule has 1 amide bonds. The molecule has 9 nitrogen and oxygen atoms in total. The van der Waals surface area contributed by atoms with Crippen LogP contribution in [0.2, 0.25) is 0 Å². The quantitative estimate of drug-likeness (QED) is 0.385. The topological polar surface area (TPSA) is 108 Å². The molecule has 1 aliphatic carbocycles. The normalized spacial score (nSPS) is 16.3. The van der Waals surface area contributed by atoms with Gasteiger partial charge in [-0.25, -0.2) is 18.6 Å². The Bertz CT molecular complexity index is 1660. The summed E-state index contributed by atoms with van der Waals surface area (Å²) in [5.74, 6) is -2.51. The van der Waals surface area contributed by atoms with Crippen LogP contribution in [-0.4, -0.2) is 64.2 Å². The van der Waals surface area contributed by atoms with E-state index < -0.39 is 17.2 Å². The van der Waals surface area contributed by atoms with Gasteiger partial charge < -0.3 is 19.9 Å². The van der Waals surface area contributed by atoms with Crippen molar-refractivity contribution in [3.05, 3.63) is 63.9 Å². The molecular formula is C26H23F2N5O4S. The number of carboxylic acid groups (broad SMARTS) is 1. The molecule has 2 N–H and O–H groups in total. The van der Waals surface area contributed by atoms with E-state index in [9.17, 15) is 23.9 Å². The smallest absolute Gasteiger partial charge is 0.341 e. The number of carbonyl (C=O) groups excluding carboxylic acids is 1. The molecule has 196 valence electrons. The van der Waals surface area contributed by atoms with Crippen molar-refractivity contribution >= 4 is 55.2 Å². The molecule has 2 aromatic heterocycles. The Morgan fingerprint density at radius 2 is 1.87 bits per heavy atom. The van der Waals surface area contributed by atoms with Crippen LogP contribution in [0.4, 0.5) is 19.6 Å². The second kappa shape index (κ2) is 9.44. The van der Waals surface area contributed by atoms with Gasteiger partial charge in [-0.1, -0.05) is 11.3 Å². The van der Waals surface area contributed by atoms with Crippen molar-refractivity contribution in [2.24, 2.45) is 0 Å². The molecule has 2 aliphatic rings. The number of aromatic nitrogens is 2. The van der Waals surface area contributed by atoms with Crippen LogP contribution >= 0.6 is 11.3 Å². The second-order valence-corrected chi connectivity index (χ2v) is 10.6. The SMILES string of the molecule is O=C(CN1CCN(c2cc3c(cc2F)c(=O)c(C(=O)O)cn3C2CC2)CC1)Nc1nc2ccc(F)cc2s1. The molecule has 6 rings (SSSR count). The van der Waals surface area contributed by atoms with Crippen molar-refractivity contribution in [1.29, 1.82) is 0 Å². The fourth-order valence-electron chi connectivity index (χ4n) is 4.87. The summed E-state index contributed by atoms with van der Waals surface area (Å²) in [7, 11) is 0. The molecule has 4 aromatic rings. The first-order chi connectivity index (χ1) is 18.3. The van der Waals surface area contributed by atoms with Gasteiger partial charge in [-0.15, -0.1) is 0 Å². The fraction of sp³-hybridized carbons (Fsp3) is 0.308. The molecule has 1 saturated heterocycles. The van der Waals surface area contributed by atoms with Gasteiger partial charge in [0.15, 0.2) is 5.13 Å². The third kappa shape index (κ3) is 4.61. The number of halogens is 2. The predicted octanol–water partition coefficient (Wildman–Crippen LogP) is 3.68. The highest BCUT2D eigenvalue weighted by molar-refractivity contribution is 7.22. The molecule has 1 aliphatic heterocycles. The number of thiazole rings is 1. The number of nitrogens with one attached hydrogen (secondary N) is 1. The molecule has 0 radical (unpaired) electrons. The summed E-state index contributed by atoms with van der Waals surface area (Å²) < 4.78 is 31.0. The van der Waals surface area contributed by atoms with Gasteiger partial charge in [0.25, 0.3) is 0 Å². The maximum atomic E-state index is 15.2. The van der Waals surface area contributed by atoms with Gasteiger partial charge in [-0.2, -0.15) is 0 Å². The fourth-order valence-corrected chi connectivity index (χ4v) is 5.78. The standard InChI is InChI=1S/C26H23F2N5O4S/c27-14-1-4-19-22(9-14)38-26(29-19)30-23(34)13-31-5-7-32(8-6-31)21-11-20-16(10-18(21)28)24(35)17(25(36)37)12-33(20)15-2-3-15/h1,4,9-12,15H,2-3,5-8,13H2,(H,36,37)(H,29,30,34). The minimum Gasteiger partial charge on any atom is -0.477 e.